The minimum Gasteiger partial charge on any atom is -0.464 e. The minimum atomic E-state index is -4.22. The summed E-state index contributed by atoms with van der Waals surface area (Å²) in [7, 11) is -3.04. The number of esters is 1. The van der Waals surface area contributed by atoms with Crippen molar-refractivity contribution in [3.63, 3.8) is 0 Å². The van der Waals surface area contributed by atoms with Crippen LogP contribution in [0, 0.1) is 0 Å². The van der Waals surface area contributed by atoms with Gasteiger partial charge in [-0.3, -0.25) is 4.79 Å². The highest BCUT2D eigenvalue weighted by Crippen LogP contribution is 2.40. The molecule has 3 aromatic carbocycles. The quantitative estimate of drug-likeness (QED) is 0.546. The van der Waals surface area contributed by atoms with E-state index >= 15 is 0 Å². The first-order valence-electron chi connectivity index (χ1n) is 10.8. The number of para-hydroxylation sites is 1. The first kappa shape index (κ1) is 23.3. The van der Waals surface area contributed by atoms with E-state index in [1.807, 2.05) is 25.1 Å². The zero-order valence-electron chi connectivity index (χ0n) is 18.8. The van der Waals surface area contributed by atoms with E-state index in [2.05, 4.69) is 5.32 Å². The summed E-state index contributed by atoms with van der Waals surface area (Å²) in [5, 5.41) is 2.78. The van der Waals surface area contributed by atoms with Gasteiger partial charge in [-0.15, -0.1) is 0 Å². The first-order valence-corrected chi connectivity index (χ1v) is 12.2. The maximum Gasteiger partial charge on any atom is 0.356 e. The number of nitrogens with zero attached hydrogens (tertiary/aromatic N) is 1. The fourth-order valence-electron chi connectivity index (χ4n) is 4.02. The Bertz CT molecular complexity index is 1380. The van der Waals surface area contributed by atoms with Gasteiger partial charge in [-0.2, -0.15) is 0 Å². The highest BCUT2D eigenvalue weighted by Gasteiger charge is 2.41. The second-order valence-corrected chi connectivity index (χ2v) is 9.48. The van der Waals surface area contributed by atoms with Crippen LogP contribution in [0.1, 0.15) is 23.6 Å². The molecule has 34 heavy (non-hydrogen) atoms. The molecule has 1 aliphatic rings. The molecule has 0 saturated heterocycles. The number of carbonyl (C=O) groups excluding carboxylic acids is 2. The van der Waals surface area contributed by atoms with Crippen LogP contribution in [0.25, 0.3) is 5.57 Å². The predicted molar refractivity (Wildman–Crippen MR) is 129 cm³/mol. The van der Waals surface area contributed by atoms with Crippen LogP contribution in [0.4, 0.5) is 5.69 Å². The van der Waals surface area contributed by atoms with E-state index in [4.69, 9.17) is 4.74 Å². The van der Waals surface area contributed by atoms with Crippen molar-refractivity contribution in [3.8, 4) is 0 Å². The van der Waals surface area contributed by atoms with E-state index in [-0.39, 0.29) is 10.6 Å². The van der Waals surface area contributed by atoms with Crippen molar-refractivity contribution >= 4 is 33.2 Å². The molecule has 4 rings (SSSR count). The van der Waals surface area contributed by atoms with Gasteiger partial charge in [0.2, 0.25) is 5.91 Å². The second-order valence-electron chi connectivity index (χ2n) is 7.65. The van der Waals surface area contributed by atoms with Crippen LogP contribution in [-0.2, 0) is 30.8 Å². The first-order chi connectivity index (χ1) is 16.4. The van der Waals surface area contributed by atoms with E-state index in [1.54, 1.807) is 54.6 Å². The third kappa shape index (κ3) is 4.20. The number of hydrogen-bond donors (Lipinski definition) is 1. The number of hydrogen-bond acceptors (Lipinski definition) is 5. The van der Waals surface area contributed by atoms with Crippen molar-refractivity contribution in [1.82, 2.24) is 4.31 Å². The highest BCUT2D eigenvalue weighted by atomic mass is 32.2. The van der Waals surface area contributed by atoms with Crippen molar-refractivity contribution in [3.05, 3.63) is 101 Å². The molecular weight excluding hydrogens is 452 g/mol. The number of benzene rings is 3. The van der Waals surface area contributed by atoms with E-state index < -0.39 is 28.4 Å². The molecule has 0 atom stereocenters. The van der Waals surface area contributed by atoms with Crippen LogP contribution >= 0.6 is 0 Å². The van der Waals surface area contributed by atoms with Crippen LogP contribution < -0.4 is 5.32 Å². The molecule has 0 bridgehead atoms. The molecule has 0 unspecified atom stereocenters. The van der Waals surface area contributed by atoms with Crippen LogP contribution in [0.2, 0.25) is 0 Å². The van der Waals surface area contributed by atoms with E-state index in [0.29, 0.717) is 28.8 Å². The summed E-state index contributed by atoms with van der Waals surface area (Å²) >= 11 is 0. The standard InChI is InChI=1S/C26H24N2O5S/c1-3-18-11-7-9-15-21(18)27-23(29)17-28-25(26(30)33-2)24(19-12-5-4-6-13-19)20-14-8-10-16-22(20)34(28,31)32/h4-16H,3,17H2,1-2H3,(H,27,29). The number of aryl methyl sites for hydroxylation is 1. The van der Waals surface area contributed by atoms with Gasteiger partial charge in [0.05, 0.1) is 12.0 Å². The molecule has 174 valence electrons. The normalized spacial score (nSPS) is 14.4. The Kier molecular flexibility index (Phi) is 6.51. The van der Waals surface area contributed by atoms with E-state index in [0.717, 1.165) is 9.87 Å². The zero-order valence-corrected chi connectivity index (χ0v) is 19.6. The summed E-state index contributed by atoms with van der Waals surface area (Å²) in [6.45, 7) is 1.37. The Morgan fingerprint density at radius 1 is 0.912 bits per heavy atom. The molecule has 1 amide bonds. The molecule has 0 saturated carbocycles. The minimum absolute atomic E-state index is 0.0169. The van der Waals surface area contributed by atoms with Gasteiger partial charge < -0.3 is 10.1 Å². The van der Waals surface area contributed by atoms with Gasteiger partial charge in [-0.1, -0.05) is 73.7 Å². The summed E-state index contributed by atoms with van der Waals surface area (Å²) in [4.78, 5) is 26.1. The number of methoxy groups -OCH3 is 1. The summed E-state index contributed by atoms with van der Waals surface area (Å²) in [6.07, 6.45) is 0.692. The molecule has 1 heterocycles. The lowest BCUT2D eigenvalue weighted by Gasteiger charge is -2.32. The summed E-state index contributed by atoms with van der Waals surface area (Å²) in [5.41, 5.74) is 2.70. The topological polar surface area (TPSA) is 92.8 Å². The van der Waals surface area contributed by atoms with Crippen molar-refractivity contribution in [2.24, 2.45) is 0 Å². The average molecular weight is 477 g/mol. The van der Waals surface area contributed by atoms with Gasteiger partial charge in [0, 0.05) is 16.8 Å². The van der Waals surface area contributed by atoms with Gasteiger partial charge in [-0.25, -0.2) is 17.5 Å². The Labute approximate surface area is 198 Å². The Balaban J connectivity index is 1.86. The third-order valence-corrected chi connectivity index (χ3v) is 7.42. The molecular formula is C26H24N2O5S. The van der Waals surface area contributed by atoms with Gasteiger partial charge in [-0.05, 0) is 29.7 Å². The number of ether oxygens (including phenoxy) is 1. The lowest BCUT2D eigenvalue weighted by molar-refractivity contribution is -0.137. The number of carbonyl (C=O) groups is 2. The number of amides is 1. The summed E-state index contributed by atoms with van der Waals surface area (Å²) in [6, 6.07) is 22.7. The Morgan fingerprint density at radius 3 is 2.26 bits per heavy atom. The molecule has 1 aliphatic heterocycles. The molecule has 0 spiro atoms. The largest absolute Gasteiger partial charge is 0.464 e. The van der Waals surface area contributed by atoms with Crippen molar-refractivity contribution < 1.29 is 22.7 Å². The molecule has 7 nitrogen and oxygen atoms in total. The van der Waals surface area contributed by atoms with Crippen molar-refractivity contribution in [2.75, 3.05) is 19.0 Å². The average Bonchev–Trinajstić information content (AvgIpc) is 2.86. The Morgan fingerprint density at radius 2 is 1.56 bits per heavy atom. The van der Waals surface area contributed by atoms with Crippen molar-refractivity contribution in [1.29, 1.82) is 0 Å². The van der Waals surface area contributed by atoms with E-state index in [9.17, 15) is 18.0 Å². The summed E-state index contributed by atoms with van der Waals surface area (Å²) in [5.74, 6) is -1.42. The van der Waals surface area contributed by atoms with Crippen LogP contribution in [0.15, 0.2) is 89.5 Å². The zero-order chi connectivity index (χ0) is 24.3. The lowest BCUT2D eigenvalue weighted by atomic mass is 9.95. The lowest BCUT2D eigenvalue weighted by Crippen LogP contribution is -2.43. The molecule has 0 aromatic heterocycles. The SMILES string of the molecule is CCc1ccccc1NC(=O)CN1C(C(=O)OC)=C(c2ccccc2)c2ccccc2S1(=O)=O. The number of nitrogens with one attached hydrogen (secondary N) is 1. The third-order valence-electron chi connectivity index (χ3n) is 5.61. The molecule has 0 aliphatic carbocycles. The van der Waals surface area contributed by atoms with Crippen molar-refractivity contribution in [2.45, 2.75) is 18.2 Å². The van der Waals surface area contributed by atoms with E-state index in [1.165, 1.54) is 13.2 Å². The maximum atomic E-state index is 13.6. The molecule has 0 fully saturated rings. The van der Waals surface area contributed by atoms with Gasteiger partial charge >= 0.3 is 5.97 Å². The fraction of sp³-hybridized carbons (Fsp3) is 0.154. The van der Waals surface area contributed by atoms with Crippen LogP contribution in [0.5, 0.6) is 0 Å². The molecule has 0 radical (unpaired) electrons. The second kappa shape index (κ2) is 9.52. The summed E-state index contributed by atoms with van der Waals surface area (Å²) < 4.78 is 33.1. The molecule has 8 heteroatoms. The number of anilines is 1. The van der Waals surface area contributed by atoms with Gasteiger partial charge in [0.25, 0.3) is 10.0 Å². The number of sulfonamides is 1. The highest BCUT2D eigenvalue weighted by molar-refractivity contribution is 7.89. The van der Waals surface area contributed by atoms with Gasteiger partial charge in [0.15, 0.2) is 0 Å². The monoisotopic (exact) mass is 476 g/mol. The van der Waals surface area contributed by atoms with Crippen LogP contribution in [0.3, 0.4) is 0 Å². The number of fused-ring (bicyclic) bond motifs is 1. The smallest absolute Gasteiger partial charge is 0.356 e. The fourth-order valence-corrected chi connectivity index (χ4v) is 5.65. The predicted octanol–water partition coefficient (Wildman–Crippen LogP) is 3.82. The van der Waals surface area contributed by atoms with Gasteiger partial charge in [0.1, 0.15) is 12.2 Å². The number of rotatable bonds is 6. The molecule has 3 aromatic rings. The Hall–Kier alpha value is -3.91. The maximum absolute atomic E-state index is 13.6. The molecule has 1 N–H and O–H groups in total. The van der Waals surface area contributed by atoms with Crippen LogP contribution in [-0.4, -0.2) is 38.3 Å².